The largest absolute Gasteiger partial charge is 0.494 e. The number of oxime groups is 1. The van der Waals surface area contributed by atoms with Crippen molar-refractivity contribution < 1.29 is 9.57 Å². The lowest BCUT2D eigenvalue weighted by molar-refractivity contribution is 0.176. The van der Waals surface area contributed by atoms with E-state index in [0.717, 1.165) is 49.2 Å². The second-order valence-electron chi connectivity index (χ2n) is 7.03. The highest BCUT2D eigenvalue weighted by molar-refractivity contribution is 6.29. The Morgan fingerprint density at radius 3 is 2.83 bits per heavy atom. The van der Waals surface area contributed by atoms with E-state index < -0.39 is 0 Å². The van der Waals surface area contributed by atoms with Gasteiger partial charge >= 0.3 is 0 Å². The van der Waals surface area contributed by atoms with Gasteiger partial charge in [-0.05, 0) is 61.4 Å². The zero-order chi connectivity index (χ0) is 20.3. The number of anilines is 1. The van der Waals surface area contributed by atoms with Gasteiger partial charge < -0.3 is 14.5 Å². The highest BCUT2D eigenvalue weighted by atomic mass is 35.5. The van der Waals surface area contributed by atoms with Crippen LogP contribution in [0.15, 0.2) is 54.2 Å². The molecule has 0 radical (unpaired) electrons. The van der Waals surface area contributed by atoms with Crippen LogP contribution in [0.2, 0.25) is 5.15 Å². The fraction of sp³-hybridized carbons (Fsp3) is 0.409. The molecule has 2 aromatic rings. The van der Waals surface area contributed by atoms with E-state index in [-0.39, 0.29) is 0 Å². The van der Waals surface area contributed by atoms with Crippen molar-refractivity contribution in [3.63, 3.8) is 0 Å². The van der Waals surface area contributed by atoms with Crippen molar-refractivity contribution in [3.05, 3.63) is 59.8 Å². The molecule has 1 aromatic heterocycles. The summed E-state index contributed by atoms with van der Waals surface area (Å²) in [4.78, 5) is 7.31. The number of ether oxygens (including phenoxy) is 1. The van der Waals surface area contributed by atoms with E-state index in [1.807, 2.05) is 30.3 Å². The number of rotatable bonds is 10. The van der Waals surface area contributed by atoms with E-state index in [1.165, 1.54) is 19.3 Å². The molecule has 0 aliphatic carbocycles. The number of benzene rings is 1. The summed E-state index contributed by atoms with van der Waals surface area (Å²) in [5.74, 6) is 2.50. The molecule has 1 aromatic carbocycles. The van der Waals surface area contributed by atoms with Gasteiger partial charge in [0.15, 0.2) is 11.0 Å². The van der Waals surface area contributed by atoms with Crippen LogP contribution < -0.4 is 9.64 Å². The molecule has 0 unspecified atom stereocenters. The molecule has 1 saturated heterocycles. The first-order valence-electron chi connectivity index (χ1n) is 9.98. The number of hydrogen-bond acceptors (Lipinski definition) is 6. The number of aromatic nitrogens is 2. The molecule has 7 heteroatoms. The zero-order valence-corrected chi connectivity index (χ0v) is 17.3. The van der Waals surface area contributed by atoms with Gasteiger partial charge in [-0.15, -0.1) is 10.2 Å². The molecule has 1 aliphatic rings. The van der Waals surface area contributed by atoms with Crippen LogP contribution >= 0.6 is 11.6 Å². The zero-order valence-electron chi connectivity index (χ0n) is 16.5. The molecule has 154 valence electrons. The smallest absolute Gasteiger partial charge is 0.151 e. The maximum atomic E-state index is 5.91. The first kappa shape index (κ1) is 21.1. The highest BCUT2D eigenvalue weighted by Crippen LogP contribution is 2.25. The molecule has 0 N–H and O–H groups in total. The van der Waals surface area contributed by atoms with E-state index in [9.17, 15) is 0 Å². The number of nitrogens with zero attached hydrogens (tertiary/aromatic N) is 4. The van der Waals surface area contributed by atoms with Crippen LogP contribution in [0.3, 0.4) is 0 Å². The van der Waals surface area contributed by atoms with Crippen molar-refractivity contribution in [2.75, 3.05) is 31.2 Å². The third-order valence-corrected chi connectivity index (χ3v) is 5.11. The summed E-state index contributed by atoms with van der Waals surface area (Å²) in [6, 6.07) is 11.6. The quantitative estimate of drug-likeness (QED) is 0.243. The average Bonchev–Trinajstić information content (AvgIpc) is 2.76. The molecule has 0 atom stereocenters. The lowest BCUT2D eigenvalue weighted by Crippen LogP contribution is -2.34. The van der Waals surface area contributed by atoms with Crippen LogP contribution in [0, 0.1) is 5.92 Å². The summed E-state index contributed by atoms with van der Waals surface area (Å²) < 4.78 is 5.91. The Hall–Kier alpha value is -2.60. The Morgan fingerprint density at radius 1 is 1.21 bits per heavy atom. The van der Waals surface area contributed by atoms with Crippen molar-refractivity contribution >= 4 is 23.6 Å². The Kier molecular flexibility index (Phi) is 8.31. The summed E-state index contributed by atoms with van der Waals surface area (Å²) in [5.41, 5.74) is 0.948. The molecule has 0 bridgehead atoms. The summed E-state index contributed by atoms with van der Waals surface area (Å²) in [6.45, 7) is 6.73. The van der Waals surface area contributed by atoms with E-state index in [2.05, 4.69) is 26.8 Å². The summed E-state index contributed by atoms with van der Waals surface area (Å²) in [5, 5.41) is 12.4. The summed E-state index contributed by atoms with van der Waals surface area (Å²) >= 11 is 5.81. The Labute approximate surface area is 177 Å². The molecular formula is C22H27ClN4O2. The first-order valence-corrected chi connectivity index (χ1v) is 10.4. The third kappa shape index (κ3) is 7.06. The number of hydrogen-bond donors (Lipinski definition) is 0. The molecule has 2 heterocycles. The van der Waals surface area contributed by atoms with Crippen LogP contribution in [0.4, 0.5) is 5.82 Å². The Morgan fingerprint density at radius 2 is 2.07 bits per heavy atom. The van der Waals surface area contributed by atoms with Crippen molar-refractivity contribution in [1.29, 1.82) is 0 Å². The topological polar surface area (TPSA) is 59.8 Å². The van der Waals surface area contributed by atoms with Gasteiger partial charge in [0.05, 0.1) is 12.8 Å². The molecule has 0 spiro atoms. The van der Waals surface area contributed by atoms with Crippen LogP contribution in [0.5, 0.6) is 5.75 Å². The predicted molar refractivity (Wildman–Crippen MR) is 117 cm³/mol. The van der Waals surface area contributed by atoms with Gasteiger partial charge in [0, 0.05) is 13.1 Å². The third-order valence-electron chi connectivity index (χ3n) is 4.91. The fourth-order valence-electron chi connectivity index (χ4n) is 3.37. The minimum atomic E-state index is 0.402. The van der Waals surface area contributed by atoms with Gasteiger partial charge in [-0.1, -0.05) is 41.5 Å². The Bertz CT molecular complexity index is 790. The van der Waals surface area contributed by atoms with E-state index in [1.54, 1.807) is 18.4 Å². The lowest BCUT2D eigenvalue weighted by Gasteiger charge is -2.32. The van der Waals surface area contributed by atoms with Crippen LogP contribution in [-0.2, 0) is 4.84 Å². The molecular weight excluding hydrogens is 388 g/mol. The van der Waals surface area contributed by atoms with Gasteiger partial charge in [-0.3, -0.25) is 0 Å². The minimum absolute atomic E-state index is 0.402. The fourth-order valence-corrected chi connectivity index (χ4v) is 3.47. The molecule has 6 nitrogen and oxygen atoms in total. The molecule has 1 aliphatic heterocycles. The monoisotopic (exact) mass is 414 g/mol. The second-order valence-corrected chi connectivity index (χ2v) is 7.41. The van der Waals surface area contributed by atoms with Crippen molar-refractivity contribution in [2.45, 2.75) is 25.7 Å². The van der Waals surface area contributed by atoms with Gasteiger partial charge in [0.25, 0.3) is 0 Å². The van der Waals surface area contributed by atoms with Crippen LogP contribution in [-0.4, -0.2) is 42.7 Å². The average molecular weight is 415 g/mol. The second kappa shape index (κ2) is 11.4. The van der Waals surface area contributed by atoms with E-state index >= 15 is 0 Å². The molecule has 1 fully saturated rings. The molecule has 29 heavy (non-hydrogen) atoms. The first-order chi connectivity index (χ1) is 14.2. The van der Waals surface area contributed by atoms with Crippen molar-refractivity contribution in [3.8, 4) is 5.75 Å². The number of piperidine rings is 1. The van der Waals surface area contributed by atoms with Crippen LogP contribution in [0.25, 0.3) is 0 Å². The summed E-state index contributed by atoms with van der Waals surface area (Å²) in [6.07, 6.45) is 7.90. The molecule has 0 amide bonds. The van der Waals surface area contributed by atoms with E-state index in [4.69, 9.17) is 21.2 Å². The Balaban J connectivity index is 1.34. The van der Waals surface area contributed by atoms with Gasteiger partial charge in [0.1, 0.15) is 12.4 Å². The minimum Gasteiger partial charge on any atom is -0.494 e. The molecule has 0 saturated carbocycles. The van der Waals surface area contributed by atoms with Crippen molar-refractivity contribution in [1.82, 2.24) is 10.2 Å². The van der Waals surface area contributed by atoms with Crippen molar-refractivity contribution in [2.24, 2.45) is 11.1 Å². The standard InChI is InChI=1S/C22H27ClN4O2/c1-2-14-29-24-17-19-5-3-7-20(16-19)28-15-4-6-18-10-12-27(13-11-18)22-9-8-21(23)25-26-22/h2-3,5,7-9,16-18H,1,4,6,10-15H2. The van der Waals surface area contributed by atoms with Gasteiger partial charge in [-0.2, -0.15) is 0 Å². The highest BCUT2D eigenvalue weighted by Gasteiger charge is 2.20. The van der Waals surface area contributed by atoms with E-state index in [0.29, 0.717) is 11.8 Å². The lowest BCUT2D eigenvalue weighted by atomic mass is 9.92. The maximum absolute atomic E-state index is 5.91. The maximum Gasteiger partial charge on any atom is 0.151 e. The van der Waals surface area contributed by atoms with Gasteiger partial charge in [-0.25, -0.2) is 0 Å². The van der Waals surface area contributed by atoms with Crippen LogP contribution in [0.1, 0.15) is 31.2 Å². The predicted octanol–water partition coefficient (Wildman–Crippen LogP) is 4.74. The molecule has 3 rings (SSSR count). The summed E-state index contributed by atoms with van der Waals surface area (Å²) in [7, 11) is 0. The SMILES string of the molecule is C=CCON=Cc1cccc(OCCCC2CCN(c3ccc(Cl)nn3)CC2)c1. The number of halogens is 1. The van der Waals surface area contributed by atoms with Gasteiger partial charge in [0.2, 0.25) is 0 Å². The normalized spacial score (nSPS) is 14.9.